The number of hydrogen-bond acceptors (Lipinski definition) is 8. The summed E-state index contributed by atoms with van der Waals surface area (Å²) >= 11 is 1.43. The molecule has 3 aromatic heterocycles. The highest BCUT2D eigenvalue weighted by Crippen LogP contribution is 2.62. The summed E-state index contributed by atoms with van der Waals surface area (Å²) in [6.07, 6.45) is 7.72. The highest BCUT2D eigenvalue weighted by atomic mass is 32.1. The van der Waals surface area contributed by atoms with Crippen LogP contribution in [0.5, 0.6) is 11.5 Å². The first-order valence-electron chi connectivity index (χ1n) is 13.8. The van der Waals surface area contributed by atoms with E-state index in [1.54, 1.807) is 49.4 Å². The van der Waals surface area contributed by atoms with Crippen LogP contribution in [0.2, 0.25) is 0 Å². The lowest BCUT2D eigenvalue weighted by molar-refractivity contribution is 0.00945. The number of hydrogen-bond donors (Lipinski definition) is 2. The lowest BCUT2D eigenvalue weighted by atomic mass is 9.89. The molecule has 9 nitrogen and oxygen atoms in total. The highest BCUT2D eigenvalue weighted by molar-refractivity contribution is 7.16. The number of fused-ring (bicyclic) bond motifs is 4. The molecule has 1 amide bonds. The van der Waals surface area contributed by atoms with Gasteiger partial charge in [-0.3, -0.25) is 4.79 Å². The lowest BCUT2D eigenvalue weighted by Crippen LogP contribution is -2.43. The Morgan fingerprint density at radius 2 is 2.12 bits per heavy atom. The number of carbonyl (C=O) groups is 1. The summed E-state index contributed by atoms with van der Waals surface area (Å²) < 4.78 is 28.6. The number of aromatic nitrogens is 4. The maximum atomic E-state index is 13.9. The van der Waals surface area contributed by atoms with Crippen LogP contribution in [-0.4, -0.2) is 50.3 Å². The number of rotatable bonds is 8. The standard InChI is InChI=1S/C31H26FN5O4S/c1-40-22-10-18(11-23-27(22)35-16-42-23)29(38)34-14-31(39,19-4-5-19)24-12-21-28(26(36-24)17-2-6-20(32)7-3-17)41-25-13-30(21,25)37-9-8-33-15-37/h2-3,6-12,15-16,19,25,39H,4-5,13-14H2,1H3,(H,34,38)/t25?,30-,31?/m1/s1. The van der Waals surface area contributed by atoms with E-state index in [0.717, 1.165) is 29.5 Å². The van der Waals surface area contributed by atoms with Gasteiger partial charge in [0, 0.05) is 35.5 Å². The van der Waals surface area contributed by atoms with Crippen LogP contribution in [0.3, 0.4) is 0 Å². The number of pyridine rings is 1. The molecule has 2 N–H and O–H groups in total. The van der Waals surface area contributed by atoms with E-state index < -0.39 is 11.1 Å². The second kappa shape index (κ2) is 9.07. The van der Waals surface area contributed by atoms with Crippen molar-refractivity contribution in [2.45, 2.75) is 36.5 Å². The maximum absolute atomic E-state index is 13.9. The van der Waals surface area contributed by atoms with Crippen molar-refractivity contribution in [3.05, 3.63) is 89.3 Å². The van der Waals surface area contributed by atoms with Crippen LogP contribution in [0.25, 0.3) is 21.5 Å². The monoisotopic (exact) mass is 583 g/mol. The summed E-state index contributed by atoms with van der Waals surface area (Å²) in [6, 6.07) is 11.5. The number of halogens is 1. The van der Waals surface area contributed by atoms with Gasteiger partial charge < -0.3 is 24.5 Å². The number of carbonyl (C=O) groups excluding carboxylic acids is 1. The quantitative estimate of drug-likeness (QED) is 0.274. The number of ether oxygens (including phenoxy) is 2. The third-order valence-electron chi connectivity index (χ3n) is 8.75. The molecule has 2 unspecified atom stereocenters. The summed E-state index contributed by atoms with van der Waals surface area (Å²) in [6.45, 7) is -0.0312. The maximum Gasteiger partial charge on any atom is 0.251 e. The molecule has 2 aromatic carbocycles. The van der Waals surface area contributed by atoms with Crippen LogP contribution in [0.4, 0.5) is 4.39 Å². The van der Waals surface area contributed by atoms with Gasteiger partial charge in [0.2, 0.25) is 0 Å². The zero-order valence-electron chi connectivity index (χ0n) is 22.6. The van der Waals surface area contributed by atoms with Crippen molar-refractivity contribution in [3.8, 4) is 22.8 Å². The summed E-state index contributed by atoms with van der Waals surface area (Å²) in [7, 11) is 1.55. The molecular formula is C31H26FN5O4S. The summed E-state index contributed by atoms with van der Waals surface area (Å²) in [5.74, 6) is 0.384. The van der Waals surface area contributed by atoms with Gasteiger partial charge in [0.1, 0.15) is 40.0 Å². The molecule has 0 bridgehead atoms. The Morgan fingerprint density at radius 1 is 1.29 bits per heavy atom. The molecule has 3 atom stereocenters. The Labute approximate surface area is 244 Å². The molecule has 0 radical (unpaired) electrons. The minimum Gasteiger partial charge on any atom is -0.494 e. The van der Waals surface area contributed by atoms with E-state index in [-0.39, 0.29) is 30.3 Å². The number of benzene rings is 2. The Morgan fingerprint density at radius 3 is 2.86 bits per heavy atom. The Balaban J connectivity index is 1.19. The van der Waals surface area contributed by atoms with Crippen molar-refractivity contribution < 1.29 is 23.8 Å². The molecule has 2 saturated carbocycles. The van der Waals surface area contributed by atoms with Crippen molar-refractivity contribution in [3.63, 3.8) is 0 Å². The van der Waals surface area contributed by atoms with Gasteiger partial charge in [0.05, 0.1) is 35.9 Å². The zero-order valence-corrected chi connectivity index (χ0v) is 23.4. The van der Waals surface area contributed by atoms with Crippen LogP contribution >= 0.6 is 11.3 Å². The van der Waals surface area contributed by atoms with Gasteiger partial charge in [0.15, 0.2) is 5.75 Å². The SMILES string of the molecule is COc1cc(C(=O)NCC(O)(c2cc3c(c(-c4ccc(F)cc4)n2)OC2C[C@@]32n2ccnc2)C2CC2)cc2scnc12. The van der Waals surface area contributed by atoms with Crippen molar-refractivity contribution in [1.29, 1.82) is 0 Å². The predicted molar refractivity (Wildman–Crippen MR) is 153 cm³/mol. The Hall–Kier alpha value is -4.35. The molecule has 2 fully saturated rings. The number of thiazole rings is 1. The van der Waals surface area contributed by atoms with E-state index in [2.05, 4.69) is 15.3 Å². The van der Waals surface area contributed by atoms with Crippen LogP contribution in [0.1, 0.15) is 40.9 Å². The zero-order chi connectivity index (χ0) is 28.6. The van der Waals surface area contributed by atoms with Gasteiger partial charge in [-0.15, -0.1) is 11.3 Å². The van der Waals surface area contributed by atoms with Crippen LogP contribution in [0, 0.1) is 11.7 Å². The van der Waals surface area contributed by atoms with E-state index in [1.165, 1.54) is 23.5 Å². The minimum atomic E-state index is -1.43. The van der Waals surface area contributed by atoms with Gasteiger partial charge >= 0.3 is 0 Å². The predicted octanol–water partition coefficient (Wildman–Crippen LogP) is 4.64. The van der Waals surface area contributed by atoms with Crippen LogP contribution in [-0.2, 0) is 11.1 Å². The summed E-state index contributed by atoms with van der Waals surface area (Å²) in [5.41, 5.74) is 3.54. The molecule has 0 saturated heterocycles. The second-order valence-electron chi connectivity index (χ2n) is 11.2. The van der Waals surface area contributed by atoms with Crippen molar-refractivity contribution in [2.24, 2.45) is 5.92 Å². The van der Waals surface area contributed by atoms with Crippen molar-refractivity contribution in [1.82, 2.24) is 24.8 Å². The first-order valence-corrected chi connectivity index (χ1v) is 14.7. The molecule has 2 aliphatic carbocycles. The molecule has 11 heteroatoms. The van der Waals surface area contributed by atoms with Crippen molar-refractivity contribution in [2.75, 3.05) is 13.7 Å². The van der Waals surface area contributed by atoms with Crippen LogP contribution < -0.4 is 14.8 Å². The third-order valence-corrected chi connectivity index (χ3v) is 9.53. The second-order valence-corrected chi connectivity index (χ2v) is 12.1. The molecule has 5 aromatic rings. The number of imidazole rings is 1. The van der Waals surface area contributed by atoms with Crippen LogP contribution in [0.15, 0.2) is 66.7 Å². The first kappa shape index (κ1) is 25.4. The van der Waals surface area contributed by atoms with E-state index in [9.17, 15) is 14.3 Å². The Kier molecular flexibility index (Phi) is 5.48. The van der Waals surface area contributed by atoms with Gasteiger partial charge in [0.25, 0.3) is 5.91 Å². The first-order chi connectivity index (χ1) is 20.4. The fourth-order valence-electron chi connectivity index (χ4n) is 6.24. The average molecular weight is 584 g/mol. The smallest absolute Gasteiger partial charge is 0.251 e. The van der Waals surface area contributed by atoms with E-state index in [0.29, 0.717) is 39.5 Å². The molecular weight excluding hydrogens is 557 g/mol. The third kappa shape index (κ3) is 3.76. The Bertz CT molecular complexity index is 1860. The molecule has 0 spiro atoms. The van der Waals surface area contributed by atoms with E-state index >= 15 is 0 Å². The summed E-state index contributed by atoms with van der Waals surface area (Å²) in [4.78, 5) is 26.9. The largest absolute Gasteiger partial charge is 0.494 e. The van der Waals surface area contributed by atoms with Gasteiger partial charge in [-0.25, -0.2) is 19.3 Å². The molecule has 42 heavy (non-hydrogen) atoms. The fraction of sp³-hybridized carbons (Fsp3) is 0.290. The number of amides is 1. The fourth-order valence-corrected chi connectivity index (χ4v) is 6.97. The highest BCUT2D eigenvalue weighted by Gasteiger charge is 2.66. The number of aliphatic hydroxyl groups is 1. The minimum absolute atomic E-state index is 0.0312. The van der Waals surface area contributed by atoms with E-state index in [1.807, 2.05) is 16.8 Å². The molecule has 212 valence electrons. The number of nitrogens with one attached hydrogen (secondary N) is 1. The summed E-state index contributed by atoms with van der Waals surface area (Å²) in [5, 5.41) is 15.3. The van der Waals surface area contributed by atoms with E-state index in [4.69, 9.17) is 14.5 Å². The number of methoxy groups -OCH3 is 1. The molecule has 1 aliphatic heterocycles. The average Bonchev–Trinajstić information content (AvgIpc) is 3.80. The lowest BCUT2D eigenvalue weighted by Gasteiger charge is -2.30. The van der Waals surface area contributed by atoms with Gasteiger partial charge in [-0.2, -0.15) is 0 Å². The molecule has 8 rings (SSSR count). The van der Waals surface area contributed by atoms with Gasteiger partial charge in [-0.1, -0.05) is 0 Å². The molecule has 4 heterocycles. The van der Waals surface area contributed by atoms with Gasteiger partial charge in [-0.05, 0) is 61.2 Å². The normalized spacial score (nSPS) is 21.7. The topological polar surface area (TPSA) is 111 Å². The number of nitrogens with zero attached hydrogens (tertiary/aromatic N) is 4. The molecule has 3 aliphatic rings. The van der Waals surface area contributed by atoms with Crippen molar-refractivity contribution >= 4 is 27.5 Å².